The van der Waals surface area contributed by atoms with E-state index in [0.29, 0.717) is 6.04 Å². The van der Waals surface area contributed by atoms with Crippen molar-refractivity contribution in [3.63, 3.8) is 0 Å². The molecule has 1 rings (SSSR count). The summed E-state index contributed by atoms with van der Waals surface area (Å²) in [7, 11) is 1.50. The first-order valence-electron chi connectivity index (χ1n) is 4.43. The molecule has 0 heterocycles. The maximum absolute atomic E-state index is 10.4. The number of nitrogens with two attached hydrogens (primary N) is 2. The minimum absolute atomic E-state index is 0.353. The Morgan fingerprint density at radius 3 is 2.17 bits per heavy atom. The minimum Gasteiger partial charge on any atom is -0.352 e. The number of hydrogen-bond donors (Lipinski definition) is 3. The summed E-state index contributed by atoms with van der Waals surface area (Å²) in [6, 6.07) is -0.0295. The Hall–Kier alpha value is -0.770. The average molecular weight is 173 g/mol. The summed E-state index contributed by atoms with van der Waals surface area (Å²) in [6.45, 7) is 0. The van der Waals surface area contributed by atoms with Crippen LogP contribution in [0.1, 0.15) is 32.1 Å². The summed E-state index contributed by atoms with van der Waals surface area (Å²) in [6.07, 6.45) is 5.96. The van der Waals surface area contributed by atoms with Crippen LogP contribution in [0.15, 0.2) is 0 Å². The van der Waals surface area contributed by atoms with Gasteiger partial charge in [0, 0.05) is 6.04 Å². The van der Waals surface area contributed by atoms with Gasteiger partial charge < -0.3 is 16.8 Å². The van der Waals surface area contributed by atoms with E-state index >= 15 is 0 Å². The Bertz CT molecular complexity index is 121. The average Bonchev–Trinajstić information content (AvgIpc) is 2.08. The zero-order valence-corrected chi connectivity index (χ0v) is 7.68. The lowest BCUT2D eigenvalue weighted by Crippen LogP contribution is -2.39. The molecule has 1 fully saturated rings. The maximum Gasteiger partial charge on any atom is 0.312 e. The second-order valence-corrected chi connectivity index (χ2v) is 2.84. The van der Waals surface area contributed by atoms with E-state index in [1.165, 1.54) is 26.3 Å². The van der Waals surface area contributed by atoms with Gasteiger partial charge in [-0.3, -0.25) is 0 Å². The van der Waals surface area contributed by atoms with Gasteiger partial charge in [-0.15, -0.1) is 0 Å². The maximum atomic E-state index is 10.4. The Morgan fingerprint density at radius 1 is 1.25 bits per heavy atom. The lowest BCUT2D eigenvalue weighted by atomic mass is 9.96. The molecule has 0 aromatic heterocycles. The van der Waals surface area contributed by atoms with Crippen LogP contribution >= 0.6 is 0 Å². The quantitative estimate of drug-likeness (QED) is 0.541. The van der Waals surface area contributed by atoms with E-state index < -0.39 is 0 Å². The number of carbonyl (C=O) groups excluding carboxylic acids is 1. The molecule has 0 aliphatic heterocycles. The van der Waals surface area contributed by atoms with Crippen molar-refractivity contribution in [2.45, 2.75) is 38.1 Å². The third-order valence-corrected chi connectivity index (χ3v) is 1.95. The Balaban J connectivity index is 0.000000561. The standard InChI is InChI=1S/C7H14N2O.CH5N/c8-7(10)9-6-4-2-1-3-5-6;1-2/h6H,1-5H2,(H3,8,9,10);2H2,1H3. The molecule has 0 saturated heterocycles. The molecular weight excluding hydrogens is 154 g/mol. The SMILES string of the molecule is CN.NC(=O)NC1CCCCC1. The van der Waals surface area contributed by atoms with Gasteiger partial charge in [-0.05, 0) is 19.9 Å². The second-order valence-electron chi connectivity index (χ2n) is 2.84. The fraction of sp³-hybridized carbons (Fsp3) is 0.875. The first kappa shape index (κ1) is 11.2. The minimum atomic E-state index is -0.382. The molecule has 0 atom stereocenters. The highest BCUT2D eigenvalue weighted by Gasteiger charge is 2.13. The van der Waals surface area contributed by atoms with Crippen molar-refractivity contribution in [1.82, 2.24) is 5.32 Å². The molecule has 0 radical (unpaired) electrons. The Labute approximate surface area is 73.7 Å². The predicted molar refractivity (Wildman–Crippen MR) is 49.7 cm³/mol. The normalized spacial score (nSPS) is 17.5. The monoisotopic (exact) mass is 173 g/mol. The van der Waals surface area contributed by atoms with E-state index in [1.807, 2.05) is 0 Å². The van der Waals surface area contributed by atoms with Crippen LogP contribution in [-0.2, 0) is 0 Å². The van der Waals surface area contributed by atoms with Crippen LogP contribution in [0.3, 0.4) is 0 Å². The molecule has 1 saturated carbocycles. The second kappa shape index (κ2) is 6.91. The van der Waals surface area contributed by atoms with Crippen molar-refractivity contribution in [3.8, 4) is 0 Å². The number of urea groups is 1. The van der Waals surface area contributed by atoms with Gasteiger partial charge in [0.2, 0.25) is 0 Å². The van der Waals surface area contributed by atoms with Crippen LogP contribution in [-0.4, -0.2) is 19.1 Å². The summed E-state index contributed by atoms with van der Waals surface area (Å²) in [4.78, 5) is 10.4. The van der Waals surface area contributed by atoms with Gasteiger partial charge in [0.1, 0.15) is 0 Å². The molecule has 12 heavy (non-hydrogen) atoms. The highest BCUT2D eigenvalue weighted by molar-refractivity contribution is 5.71. The smallest absolute Gasteiger partial charge is 0.312 e. The lowest BCUT2D eigenvalue weighted by Gasteiger charge is -2.21. The summed E-state index contributed by atoms with van der Waals surface area (Å²) in [5, 5.41) is 2.72. The van der Waals surface area contributed by atoms with Gasteiger partial charge in [-0.2, -0.15) is 0 Å². The third-order valence-electron chi connectivity index (χ3n) is 1.95. The van der Waals surface area contributed by atoms with Crippen LogP contribution in [0.5, 0.6) is 0 Å². The molecule has 5 N–H and O–H groups in total. The van der Waals surface area contributed by atoms with Crippen molar-refractivity contribution >= 4 is 6.03 Å². The molecule has 1 aliphatic rings. The molecule has 0 spiro atoms. The van der Waals surface area contributed by atoms with Crippen LogP contribution in [0.25, 0.3) is 0 Å². The highest BCUT2D eigenvalue weighted by Crippen LogP contribution is 2.16. The van der Waals surface area contributed by atoms with Crippen LogP contribution in [0.2, 0.25) is 0 Å². The van der Waals surface area contributed by atoms with Crippen molar-refractivity contribution in [3.05, 3.63) is 0 Å². The molecule has 4 heteroatoms. The van der Waals surface area contributed by atoms with Crippen molar-refractivity contribution in [1.29, 1.82) is 0 Å². The molecule has 1 aliphatic carbocycles. The van der Waals surface area contributed by atoms with Crippen molar-refractivity contribution in [2.24, 2.45) is 11.5 Å². The van der Waals surface area contributed by atoms with Crippen LogP contribution in [0, 0.1) is 0 Å². The van der Waals surface area contributed by atoms with Gasteiger partial charge in [-0.1, -0.05) is 19.3 Å². The molecule has 0 aromatic carbocycles. The van der Waals surface area contributed by atoms with Crippen molar-refractivity contribution in [2.75, 3.05) is 7.05 Å². The molecule has 72 valence electrons. The van der Waals surface area contributed by atoms with Crippen LogP contribution in [0.4, 0.5) is 4.79 Å². The van der Waals surface area contributed by atoms with Gasteiger partial charge in [0.25, 0.3) is 0 Å². The van der Waals surface area contributed by atoms with E-state index in [0.717, 1.165) is 12.8 Å². The van der Waals surface area contributed by atoms with Crippen molar-refractivity contribution < 1.29 is 4.79 Å². The van der Waals surface area contributed by atoms with E-state index in [2.05, 4.69) is 11.1 Å². The molecule has 0 bridgehead atoms. The summed E-state index contributed by atoms with van der Waals surface area (Å²) in [5.74, 6) is 0. The largest absolute Gasteiger partial charge is 0.352 e. The Morgan fingerprint density at radius 2 is 1.75 bits per heavy atom. The van der Waals surface area contributed by atoms with Gasteiger partial charge in [0.15, 0.2) is 0 Å². The van der Waals surface area contributed by atoms with E-state index in [1.54, 1.807) is 0 Å². The fourth-order valence-corrected chi connectivity index (χ4v) is 1.45. The first-order chi connectivity index (χ1) is 5.79. The third kappa shape index (κ3) is 4.96. The number of amides is 2. The zero-order chi connectivity index (χ0) is 9.40. The number of hydrogen-bond acceptors (Lipinski definition) is 2. The molecule has 2 amide bonds. The number of rotatable bonds is 1. The predicted octanol–water partition coefficient (Wildman–Crippen LogP) is 0.562. The van der Waals surface area contributed by atoms with E-state index in [4.69, 9.17) is 5.73 Å². The first-order valence-corrected chi connectivity index (χ1v) is 4.43. The topological polar surface area (TPSA) is 81.1 Å². The molecule has 0 unspecified atom stereocenters. The molecular formula is C8H19N3O. The molecule has 4 nitrogen and oxygen atoms in total. The fourth-order valence-electron chi connectivity index (χ4n) is 1.45. The molecule has 0 aromatic rings. The zero-order valence-electron chi connectivity index (χ0n) is 7.68. The van der Waals surface area contributed by atoms with Gasteiger partial charge in [-0.25, -0.2) is 4.79 Å². The Kier molecular flexibility index (Phi) is 6.47. The van der Waals surface area contributed by atoms with Gasteiger partial charge >= 0.3 is 6.03 Å². The van der Waals surface area contributed by atoms with E-state index in [-0.39, 0.29) is 6.03 Å². The van der Waals surface area contributed by atoms with Crippen LogP contribution < -0.4 is 16.8 Å². The summed E-state index contributed by atoms with van der Waals surface area (Å²) >= 11 is 0. The van der Waals surface area contributed by atoms with Gasteiger partial charge in [0.05, 0.1) is 0 Å². The summed E-state index contributed by atoms with van der Waals surface area (Å²) < 4.78 is 0. The highest BCUT2D eigenvalue weighted by atomic mass is 16.2. The lowest BCUT2D eigenvalue weighted by molar-refractivity contribution is 0.241. The number of carbonyl (C=O) groups is 1. The number of nitrogens with one attached hydrogen (secondary N) is 1. The summed E-state index contributed by atoms with van der Waals surface area (Å²) in [5.41, 5.74) is 9.47. The van der Waals surface area contributed by atoms with E-state index in [9.17, 15) is 4.79 Å². The number of primary amides is 1.